The third-order valence-corrected chi connectivity index (χ3v) is 3.49. The van der Waals surface area contributed by atoms with Gasteiger partial charge in [0.15, 0.2) is 0 Å². The summed E-state index contributed by atoms with van der Waals surface area (Å²) in [6, 6.07) is 17.0. The Balaban J connectivity index is 2.32. The van der Waals surface area contributed by atoms with Crippen molar-refractivity contribution >= 4 is 0 Å². The lowest BCUT2D eigenvalue weighted by molar-refractivity contribution is 0.533. The molecule has 2 aromatic rings. The summed E-state index contributed by atoms with van der Waals surface area (Å²) < 4.78 is 13.8. The third-order valence-electron chi connectivity index (χ3n) is 3.49. The van der Waals surface area contributed by atoms with Crippen LogP contribution in [0.5, 0.6) is 0 Å². The van der Waals surface area contributed by atoms with Crippen LogP contribution in [0.2, 0.25) is 0 Å². The van der Waals surface area contributed by atoms with Gasteiger partial charge in [-0.3, -0.25) is 0 Å². The van der Waals surface area contributed by atoms with Gasteiger partial charge in [0.25, 0.3) is 0 Å². The van der Waals surface area contributed by atoms with E-state index in [2.05, 4.69) is 19.1 Å². The zero-order chi connectivity index (χ0) is 13.0. The maximum Gasteiger partial charge on any atom is 0.126 e. The van der Waals surface area contributed by atoms with Crippen molar-refractivity contribution in [2.24, 2.45) is 5.73 Å². The van der Waals surface area contributed by atoms with Crippen molar-refractivity contribution < 1.29 is 4.39 Å². The molecule has 0 bridgehead atoms. The molecule has 0 saturated carbocycles. The van der Waals surface area contributed by atoms with Crippen molar-refractivity contribution in [1.29, 1.82) is 0 Å². The number of hydrogen-bond acceptors (Lipinski definition) is 1. The van der Waals surface area contributed by atoms with Gasteiger partial charge in [0.05, 0.1) is 0 Å². The fourth-order valence-corrected chi connectivity index (χ4v) is 2.37. The van der Waals surface area contributed by atoms with Crippen molar-refractivity contribution in [2.45, 2.75) is 18.8 Å². The van der Waals surface area contributed by atoms with Crippen molar-refractivity contribution in [3.63, 3.8) is 0 Å². The fraction of sp³-hybridized carbons (Fsp3) is 0.250. The molecule has 2 atom stereocenters. The van der Waals surface area contributed by atoms with Gasteiger partial charge in [-0.25, -0.2) is 4.39 Å². The van der Waals surface area contributed by atoms with E-state index in [1.54, 1.807) is 6.07 Å². The summed E-state index contributed by atoms with van der Waals surface area (Å²) >= 11 is 0. The average Bonchev–Trinajstić information content (AvgIpc) is 2.42. The van der Waals surface area contributed by atoms with Gasteiger partial charge < -0.3 is 5.73 Å². The van der Waals surface area contributed by atoms with Crippen molar-refractivity contribution in [3.8, 4) is 0 Å². The molecule has 0 radical (unpaired) electrons. The topological polar surface area (TPSA) is 26.0 Å². The van der Waals surface area contributed by atoms with Gasteiger partial charge in [-0.05, 0) is 29.7 Å². The van der Waals surface area contributed by atoms with Crippen LogP contribution in [0.25, 0.3) is 0 Å². The molecule has 2 unspecified atom stereocenters. The number of benzene rings is 2. The Labute approximate surface area is 107 Å². The van der Waals surface area contributed by atoms with Crippen LogP contribution in [0.4, 0.5) is 4.39 Å². The monoisotopic (exact) mass is 243 g/mol. The predicted octanol–water partition coefficient (Wildman–Crippen LogP) is 3.67. The molecule has 0 aliphatic heterocycles. The van der Waals surface area contributed by atoms with Crippen LogP contribution in [0.3, 0.4) is 0 Å². The van der Waals surface area contributed by atoms with Gasteiger partial charge in [0.1, 0.15) is 5.82 Å². The summed E-state index contributed by atoms with van der Waals surface area (Å²) in [6.07, 6.45) is 0. The average molecular weight is 243 g/mol. The van der Waals surface area contributed by atoms with E-state index in [-0.39, 0.29) is 17.7 Å². The molecule has 0 fully saturated rings. The molecule has 0 spiro atoms. The molecule has 2 N–H and O–H groups in total. The molecule has 0 aliphatic rings. The molecule has 0 amide bonds. The van der Waals surface area contributed by atoms with E-state index < -0.39 is 0 Å². The van der Waals surface area contributed by atoms with Gasteiger partial charge in [0.2, 0.25) is 0 Å². The molecule has 18 heavy (non-hydrogen) atoms. The molecule has 0 aliphatic carbocycles. The van der Waals surface area contributed by atoms with E-state index in [1.807, 2.05) is 30.3 Å². The standard InChI is InChI=1S/C16H18FN/c1-12(13-7-3-2-4-8-13)15(11-18)14-9-5-6-10-16(14)17/h2-10,12,15H,11,18H2,1H3. The van der Waals surface area contributed by atoms with Crippen molar-refractivity contribution in [3.05, 3.63) is 71.5 Å². The SMILES string of the molecule is CC(c1ccccc1)C(CN)c1ccccc1F. The molecule has 2 heteroatoms. The van der Waals surface area contributed by atoms with Crippen LogP contribution in [-0.2, 0) is 0 Å². The largest absolute Gasteiger partial charge is 0.330 e. The van der Waals surface area contributed by atoms with Crippen LogP contribution >= 0.6 is 0 Å². The maximum atomic E-state index is 13.8. The summed E-state index contributed by atoms with van der Waals surface area (Å²) in [7, 11) is 0. The summed E-state index contributed by atoms with van der Waals surface area (Å²) in [4.78, 5) is 0. The zero-order valence-electron chi connectivity index (χ0n) is 10.5. The number of hydrogen-bond donors (Lipinski definition) is 1. The summed E-state index contributed by atoms with van der Waals surface area (Å²) in [5.74, 6) is 0.0393. The predicted molar refractivity (Wildman–Crippen MR) is 73.1 cm³/mol. The lowest BCUT2D eigenvalue weighted by atomic mass is 9.82. The molecule has 2 rings (SSSR count). The smallest absolute Gasteiger partial charge is 0.126 e. The highest BCUT2D eigenvalue weighted by atomic mass is 19.1. The fourth-order valence-electron chi connectivity index (χ4n) is 2.37. The van der Waals surface area contributed by atoms with E-state index in [0.29, 0.717) is 12.1 Å². The Morgan fingerprint density at radius 3 is 2.22 bits per heavy atom. The van der Waals surface area contributed by atoms with Crippen LogP contribution in [-0.4, -0.2) is 6.54 Å². The van der Waals surface area contributed by atoms with E-state index in [4.69, 9.17) is 5.73 Å². The lowest BCUT2D eigenvalue weighted by Crippen LogP contribution is -2.19. The minimum atomic E-state index is -0.171. The number of nitrogens with two attached hydrogens (primary N) is 1. The van der Waals surface area contributed by atoms with E-state index >= 15 is 0 Å². The zero-order valence-corrected chi connectivity index (χ0v) is 10.5. The van der Waals surface area contributed by atoms with Crippen LogP contribution in [0.1, 0.15) is 29.9 Å². The molecule has 0 saturated heterocycles. The second kappa shape index (κ2) is 5.78. The molecule has 0 heterocycles. The van der Waals surface area contributed by atoms with Crippen LogP contribution < -0.4 is 5.73 Å². The molecule has 94 valence electrons. The molecule has 0 aromatic heterocycles. The first-order valence-electron chi connectivity index (χ1n) is 6.23. The third kappa shape index (κ3) is 2.59. The highest BCUT2D eigenvalue weighted by molar-refractivity contribution is 5.29. The van der Waals surface area contributed by atoms with Gasteiger partial charge >= 0.3 is 0 Å². The van der Waals surface area contributed by atoms with Crippen LogP contribution in [0, 0.1) is 5.82 Å². The Kier molecular flexibility index (Phi) is 4.11. The Morgan fingerprint density at radius 2 is 1.61 bits per heavy atom. The second-order valence-electron chi connectivity index (χ2n) is 4.56. The van der Waals surface area contributed by atoms with Crippen molar-refractivity contribution in [1.82, 2.24) is 0 Å². The Morgan fingerprint density at radius 1 is 1.00 bits per heavy atom. The number of rotatable bonds is 4. The van der Waals surface area contributed by atoms with Crippen molar-refractivity contribution in [2.75, 3.05) is 6.54 Å². The Bertz CT molecular complexity index is 495. The molecular weight excluding hydrogens is 225 g/mol. The summed E-state index contributed by atoms with van der Waals surface area (Å²) in [5.41, 5.74) is 7.74. The quantitative estimate of drug-likeness (QED) is 0.871. The van der Waals surface area contributed by atoms with E-state index in [9.17, 15) is 4.39 Å². The molecular formula is C16H18FN. The van der Waals surface area contributed by atoms with Gasteiger partial charge in [-0.15, -0.1) is 0 Å². The van der Waals surface area contributed by atoms with Gasteiger partial charge in [-0.1, -0.05) is 55.5 Å². The minimum absolute atomic E-state index is 0.00796. The van der Waals surface area contributed by atoms with Crippen LogP contribution in [0.15, 0.2) is 54.6 Å². The minimum Gasteiger partial charge on any atom is -0.330 e. The number of halogens is 1. The lowest BCUT2D eigenvalue weighted by Gasteiger charge is -2.23. The first-order chi connectivity index (χ1) is 8.74. The first kappa shape index (κ1) is 12.8. The van der Waals surface area contributed by atoms with Gasteiger partial charge in [-0.2, -0.15) is 0 Å². The maximum absolute atomic E-state index is 13.8. The molecule has 1 nitrogen and oxygen atoms in total. The van der Waals surface area contributed by atoms with E-state index in [0.717, 1.165) is 0 Å². The van der Waals surface area contributed by atoms with E-state index in [1.165, 1.54) is 11.6 Å². The first-order valence-corrected chi connectivity index (χ1v) is 6.23. The normalized spacial score (nSPS) is 14.2. The second-order valence-corrected chi connectivity index (χ2v) is 4.56. The summed E-state index contributed by atoms with van der Waals surface area (Å²) in [6.45, 7) is 2.54. The Hall–Kier alpha value is -1.67. The van der Waals surface area contributed by atoms with Gasteiger partial charge in [0, 0.05) is 5.92 Å². The highest BCUT2D eigenvalue weighted by Crippen LogP contribution is 2.32. The molecule has 2 aromatic carbocycles. The summed E-state index contributed by atoms with van der Waals surface area (Å²) in [5, 5.41) is 0. The highest BCUT2D eigenvalue weighted by Gasteiger charge is 2.21.